The van der Waals surface area contributed by atoms with Crippen molar-refractivity contribution in [2.45, 2.75) is 26.9 Å². The predicted molar refractivity (Wildman–Crippen MR) is 31.2 cm³/mol. The van der Waals surface area contributed by atoms with Crippen LogP contribution in [-0.2, 0) is 9.53 Å². The van der Waals surface area contributed by atoms with Gasteiger partial charge in [-0.25, -0.2) is 0 Å². The highest BCUT2D eigenvalue weighted by molar-refractivity contribution is 5.64. The third kappa shape index (κ3) is 3.81. The van der Waals surface area contributed by atoms with E-state index in [-0.39, 0.29) is 6.10 Å². The highest BCUT2D eigenvalue weighted by Gasteiger charge is 2.01. The van der Waals surface area contributed by atoms with Gasteiger partial charge in [-0.2, -0.15) is 0 Å². The Bertz CT molecular complexity index is 68.9. The van der Waals surface area contributed by atoms with Gasteiger partial charge in [-0.1, -0.05) is 0 Å². The van der Waals surface area contributed by atoms with E-state index in [1.54, 1.807) is 6.92 Å². The molecule has 0 saturated carbocycles. The molecule has 0 bridgehead atoms. The first kappa shape index (κ1) is 7.63. The first-order valence-electron chi connectivity index (χ1n) is 2.62. The van der Waals surface area contributed by atoms with Crippen molar-refractivity contribution in [3.05, 3.63) is 6.10 Å². The maximum absolute atomic E-state index is 9.88. The number of hydrogen-bond acceptors (Lipinski definition) is 2. The van der Waals surface area contributed by atoms with E-state index < -0.39 is 0 Å². The molecular formula is C6H11O2. The van der Waals surface area contributed by atoms with Crippen LogP contribution in [0.25, 0.3) is 0 Å². The Labute approximate surface area is 49.8 Å². The molecule has 0 amide bonds. The minimum atomic E-state index is 0.111. The molecule has 2 heteroatoms. The summed E-state index contributed by atoms with van der Waals surface area (Å²) in [4.78, 5) is 9.88. The number of carbonyl (C=O) groups is 1. The van der Waals surface area contributed by atoms with Crippen molar-refractivity contribution in [1.29, 1.82) is 0 Å². The van der Waals surface area contributed by atoms with Crippen LogP contribution in [0.1, 0.15) is 20.8 Å². The predicted octanol–water partition coefficient (Wildman–Crippen LogP) is 1.16. The van der Waals surface area contributed by atoms with Gasteiger partial charge in [0.25, 0.3) is 0 Å². The van der Waals surface area contributed by atoms with Crippen molar-refractivity contribution < 1.29 is 9.53 Å². The second kappa shape index (κ2) is 3.61. The third-order valence-corrected chi connectivity index (χ3v) is 0.588. The summed E-state index contributed by atoms with van der Waals surface area (Å²) < 4.78 is 4.95. The summed E-state index contributed by atoms with van der Waals surface area (Å²) in [7, 11) is 0. The summed E-state index contributed by atoms with van der Waals surface area (Å²) in [5.74, 6) is 0. The van der Waals surface area contributed by atoms with E-state index in [2.05, 4.69) is 0 Å². The van der Waals surface area contributed by atoms with Crippen LogP contribution in [0.5, 0.6) is 0 Å². The Morgan fingerprint density at radius 3 is 2.25 bits per heavy atom. The van der Waals surface area contributed by atoms with Crippen molar-refractivity contribution >= 4 is 6.29 Å². The van der Waals surface area contributed by atoms with Crippen molar-refractivity contribution in [3.8, 4) is 0 Å². The van der Waals surface area contributed by atoms with Crippen molar-refractivity contribution in [2.24, 2.45) is 0 Å². The summed E-state index contributed by atoms with van der Waals surface area (Å²) in [6, 6.07) is 0. The van der Waals surface area contributed by atoms with Gasteiger partial charge in [0.2, 0.25) is 0 Å². The van der Waals surface area contributed by atoms with Crippen LogP contribution in [0.2, 0.25) is 0 Å². The summed E-state index contributed by atoms with van der Waals surface area (Å²) in [5.41, 5.74) is 0. The number of rotatable bonds is 3. The Morgan fingerprint density at radius 2 is 2.12 bits per heavy atom. The molecule has 0 unspecified atom stereocenters. The van der Waals surface area contributed by atoms with E-state index in [1.807, 2.05) is 13.8 Å². The molecule has 1 radical (unpaired) electrons. The molecule has 0 saturated heterocycles. The molecule has 47 valence electrons. The summed E-state index contributed by atoms with van der Waals surface area (Å²) in [5, 5.41) is 0. The number of ether oxygens (including phenoxy) is 1. The van der Waals surface area contributed by atoms with Crippen LogP contribution in [0.4, 0.5) is 0 Å². The molecule has 0 aromatic rings. The zero-order valence-corrected chi connectivity index (χ0v) is 5.47. The van der Waals surface area contributed by atoms with Gasteiger partial charge in [-0.3, -0.25) is 0 Å². The second-order valence-corrected chi connectivity index (χ2v) is 1.90. The molecular weight excluding hydrogens is 104 g/mol. The molecule has 0 rings (SSSR count). The molecule has 0 aliphatic heterocycles. The Balaban J connectivity index is 3.23. The monoisotopic (exact) mass is 115 g/mol. The lowest BCUT2D eigenvalue weighted by atomic mass is 10.4. The lowest BCUT2D eigenvalue weighted by Crippen LogP contribution is -2.07. The summed E-state index contributed by atoms with van der Waals surface area (Å²) in [6.45, 7) is 5.41. The Morgan fingerprint density at radius 1 is 1.62 bits per heavy atom. The zero-order chi connectivity index (χ0) is 6.57. The number of aldehydes is 1. The van der Waals surface area contributed by atoms with E-state index in [4.69, 9.17) is 4.74 Å². The van der Waals surface area contributed by atoms with E-state index in [9.17, 15) is 4.79 Å². The molecule has 0 N–H and O–H groups in total. The zero-order valence-electron chi connectivity index (χ0n) is 5.47. The smallest absolute Gasteiger partial charge is 0.156 e. The minimum Gasteiger partial charge on any atom is -0.362 e. The van der Waals surface area contributed by atoms with Gasteiger partial charge in [0.15, 0.2) is 12.4 Å². The molecule has 0 heterocycles. The molecule has 0 fully saturated rings. The molecule has 0 aromatic carbocycles. The molecule has 0 aromatic heterocycles. The first-order chi connectivity index (χ1) is 3.66. The summed E-state index contributed by atoms with van der Waals surface area (Å²) >= 11 is 0. The average Bonchev–Trinajstić information content (AvgIpc) is 1.65. The molecule has 8 heavy (non-hydrogen) atoms. The van der Waals surface area contributed by atoms with E-state index >= 15 is 0 Å². The minimum absolute atomic E-state index is 0.111. The third-order valence-electron chi connectivity index (χ3n) is 0.588. The van der Waals surface area contributed by atoms with Crippen LogP contribution < -0.4 is 0 Å². The van der Waals surface area contributed by atoms with Crippen LogP contribution in [0.3, 0.4) is 0 Å². The van der Waals surface area contributed by atoms with Crippen LogP contribution in [-0.4, -0.2) is 12.4 Å². The lowest BCUT2D eigenvalue weighted by Gasteiger charge is -2.07. The van der Waals surface area contributed by atoms with Gasteiger partial charge in [0, 0.05) is 0 Å². The van der Waals surface area contributed by atoms with Crippen LogP contribution in [0, 0.1) is 6.10 Å². The fraction of sp³-hybridized carbons (Fsp3) is 0.667. The molecule has 0 aliphatic rings. The van der Waals surface area contributed by atoms with Crippen molar-refractivity contribution in [2.75, 3.05) is 0 Å². The molecule has 2 nitrogen and oxygen atoms in total. The quantitative estimate of drug-likeness (QED) is 0.516. The second-order valence-electron chi connectivity index (χ2n) is 1.90. The van der Waals surface area contributed by atoms with Gasteiger partial charge >= 0.3 is 0 Å². The Kier molecular flexibility index (Phi) is 3.44. The fourth-order valence-corrected chi connectivity index (χ4v) is 0.400. The van der Waals surface area contributed by atoms with E-state index in [0.717, 1.165) is 0 Å². The first-order valence-corrected chi connectivity index (χ1v) is 2.62. The van der Waals surface area contributed by atoms with Gasteiger partial charge in [-0.05, 0) is 20.8 Å². The van der Waals surface area contributed by atoms with Crippen LogP contribution >= 0.6 is 0 Å². The van der Waals surface area contributed by atoms with E-state index in [0.29, 0.717) is 12.4 Å². The maximum Gasteiger partial charge on any atom is 0.156 e. The SMILES string of the molecule is C[C](C=O)OC(C)C. The average molecular weight is 115 g/mol. The summed E-state index contributed by atoms with van der Waals surface area (Å²) in [6.07, 6.45) is 1.26. The molecule has 0 aliphatic carbocycles. The van der Waals surface area contributed by atoms with Crippen molar-refractivity contribution in [1.82, 2.24) is 0 Å². The molecule has 0 spiro atoms. The maximum atomic E-state index is 9.88. The van der Waals surface area contributed by atoms with Gasteiger partial charge in [-0.15, -0.1) is 0 Å². The largest absolute Gasteiger partial charge is 0.362 e. The Hall–Kier alpha value is -0.370. The van der Waals surface area contributed by atoms with Gasteiger partial charge in [0.05, 0.1) is 6.10 Å². The van der Waals surface area contributed by atoms with Crippen molar-refractivity contribution in [3.63, 3.8) is 0 Å². The highest BCUT2D eigenvalue weighted by Crippen LogP contribution is 1.99. The topological polar surface area (TPSA) is 26.3 Å². The lowest BCUT2D eigenvalue weighted by molar-refractivity contribution is -0.112. The number of carbonyl (C=O) groups excluding carboxylic acids is 1. The number of hydrogen-bond donors (Lipinski definition) is 0. The fourth-order valence-electron chi connectivity index (χ4n) is 0.400. The van der Waals surface area contributed by atoms with Gasteiger partial charge < -0.3 is 9.53 Å². The normalized spacial score (nSPS) is 10.6. The standard InChI is InChI=1S/C6H11O2/c1-5(2)8-6(3)4-7/h4-5H,1-3H3. The highest BCUT2D eigenvalue weighted by atomic mass is 16.5. The molecule has 0 atom stereocenters. The van der Waals surface area contributed by atoms with Crippen LogP contribution in [0.15, 0.2) is 0 Å². The van der Waals surface area contributed by atoms with E-state index in [1.165, 1.54) is 0 Å². The van der Waals surface area contributed by atoms with Gasteiger partial charge in [0.1, 0.15) is 0 Å².